The molecule has 11 heteroatoms. The van der Waals surface area contributed by atoms with Crippen LogP contribution in [0.2, 0.25) is 0 Å². The second kappa shape index (κ2) is 11.3. The third-order valence-electron chi connectivity index (χ3n) is 6.88. The molecule has 0 bridgehead atoms. The van der Waals surface area contributed by atoms with Gasteiger partial charge in [-0.2, -0.15) is 10.3 Å². The first kappa shape index (κ1) is 28.3. The van der Waals surface area contributed by atoms with Crippen LogP contribution in [0.4, 0.5) is 0 Å². The molecular formula is C30H32N6O4S. The highest BCUT2D eigenvalue weighted by Crippen LogP contribution is 2.29. The number of carbonyl (C=O) groups is 2. The Morgan fingerprint density at radius 1 is 1.32 bits per heavy atom. The Morgan fingerprint density at radius 2 is 2.12 bits per heavy atom. The van der Waals surface area contributed by atoms with Crippen molar-refractivity contribution in [2.75, 3.05) is 6.54 Å². The molecule has 41 heavy (non-hydrogen) atoms. The number of aromatic amines is 1. The highest BCUT2D eigenvalue weighted by Gasteiger charge is 2.32. The first-order chi connectivity index (χ1) is 19.6. The molecule has 4 heterocycles. The summed E-state index contributed by atoms with van der Waals surface area (Å²) in [5, 5.41) is 19.4. The van der Waals surface area contributed by atoms with Gasteiger partial charge in [0.1, 0.15) is 11.6 Å². The molecule has 1 atom stereocenters. The fourth-order valence-electron chi connectivity index (χ4n) is 5.04. The molecule has 0 saturated carbocycles. The second-order valence-corrected chi connectivity index (χ2v) is 12.3. The summed E-state index contributed by atoms with van der Waals surface area (Å²) in [6.07, 6.45) is 4.91. The van der Waals surface area contributed by atoms with Gasteiger partial charge in [-0.05, 0) is 48.1 Å². The maximum atomic E-state index is 13.4. The lowest BCUT2D eigenvalue weighted by atomic mass is 9.93. The predicted octanol–water partition coefficient (Wildman–Crippen LogP) is 4.71. The number of nitriles is 1. The molecule has 3 aromatic heterocycles. The summed E-state index contributed by atoms with van der Waals surface area (Å²) in [6.45, 7) is 8.43. The second-order valence-electron chi connectivity index (χ2n) is 11.2. The first-order valence-corrected chi connectivity index (χ1v) is 14.3. The van der Waals surface area contributed by atoms with Crippen LogP contribution in [0, 0.1) is 23.7 Å². The Hall–Kier alpha value is -4.27. The van der Waals surface area contributed by atoms with E-state index in [1.54, 1.807) is 36.2 Å². The van der Waals surface area contributed by atoms with Gasteiger partial charge in [-0.1, -0.05) is 32.9 Å². The number of H-pyrrole nitrogens is 1. The van der Waals surface area contributed by atoms with Gasteiger partial charge in [-0.3, -0.25) is 9.59 Å². The minimum Gasteiger partial charge on any atom is -0.440 e. The van der Waals surface area contributed by atoms with Crippen molar-refractivity contribution in [2.45, 2.75) is 59.7 Å². The number of fused-ring (bicyclic) bond motifs is 1. The summed E-state index contributed by atoms with van der Waals surface area (Å²) in [4.78, 5) is 41.5. The number of nitrogens with zero attached hydrogens (tertiary/aromatic N) is 5. The lowest BCUT2D eigenvalue weighted by Crippen LogP contribution is -2.40. The van der Waals surface area contributed by atoms with Crippen LogP contribution in [0.15, 0.2) is 57.6 Å². The van der Waals surface area contributed by atoms with Crippen LogP contribution in [-0.4, -0.2) is 48.9 Å². The number of aromatic nitrogens is 3. The minimum absolute atomic E-state index is 0.124. The minimum atomic E-state index is -0.417. The number of carbonyl (C=O) groups excluding carboxylic acids is 2. The number of hydrogen-bond donors (Lipinski definition) is 2. The molecule has 1 fully saturated rings. The van der Waals surface area contributed by atoms with Crippen molar-refractivity contribution in [1.29, 1.82) is 5.26 Å². The monoisotopic (exact) mass is 572 g/mol. The molecule has 0 aliphatic carbocycles. The normalized spacial score (nSPS) is 16.5. The number of aryl methyl sites for hydroxylation is 1. The Balaban J connectivity index is 1.51. The molecule has 1 aliphatic heterocycles. The first-order valence-electron chi connectivity index (χ1n) is 13.4. The summed E-state index contributed by atoms with van der Waals surface area (Å²) in [7, 11) is 0. The molecule has 4 aromatic rings. The van der Waals surface area contributed by atoms with E-state index in [0.29, 0.717) is 40.8 Å². The quantitative estimate of drug-likeness (QED) is 0.253. The molecular weight excluding hydrogens is 540 g/mol. The van der Waals surface area contributed by atoms with Crippen molar-refractivity contribution >= 4 is 34.2 Å². The molecule has 0 radical (unpaired) electrons. The molecule has 0 spiro atoms. The van der Waals surface area contributed by atoms with Crippen LogP contribution in [0.25, 0.3) is 21.7 Å². The van der Waals surface area contributed by atoms with Gasteiger partial charge in [-0.25, -0.2) is 4.98 Å². The van der Waals surface area contributed by atoms with Crippen molar-refractivity contribution in [2.24, 2.45) is 10.4 Å². The number of rotatable bonds is 6. The predicted molar refractivity (Wildman–Crippen MR) is 155 cm³/mol. The van der Waals surface area contributed by atoms with E-state index in [0.717, 1.165) is 28.8 Å². The van der Waals surface area contributed by atoms with Crippen LogP contribution in [0.3, 0.4) is 0 Å². The Morgan fingerprint density at radius 3 is 2.80 bits per heavy atom. The van der Waals surface area contributed by atoms with Crippen LogP contribution in [-0.2, 0) is 17.9 Å². The average Bonchev–Trinajstić information content (AvgIpc) is 3.73. The van der Waals surface area contributed by atoms with E-state index in [9.17, 15) is 20.0 Å². The SMILES string of the molecule is Cc1ncc(-c2ccc(C(=O)/N=c3\[nH]c4cc(CO)ccc4n3C[C@H]3CCCN3C(=O)/C(C#N)=C/C(C)(C)C)s2)o1. The Labute approximate surface area is 241 Å². The maximum absolute atomic E-state index is 13.4. The van der Waals surface area contributed by atoms with Gasteiger partial charge in [0, 0.05) is 20.0 Å². The number of amides is 2. The van der Waals surface area contributed by atoms with Crippen molar-refractivity contribution in [3.8, 4) is 16.7 Å². The van der Waals surface area contributed by atoms with E-state index in [1.165, 1.54) is 11.3 Å². The molecule has 1 aromatic carbocycles. The summed E-state index contributed by atoms with van der Waals surface area (Å²) in [5.74, 6) is 0.435. The fraction of sp³-hybridized carbons (Fsp3) is 0.367. The van der Waals surface area contributed by atoms with Crippen molar-refractivity contribution in [1.82, 2.24) is 19.4 Å². The number of thiophene rings is 1. The molecule has 5 rings (SSSR count). The number of allylic oxidation sites excluding steroid dienone is 1. The summed E-state index contributed by atoms with van der Waals surface area (Å²) < 4.78 is 7.49. The summed E-state index contributed by atoms with van der Waals surface area (Å²) >= 11 is 1.27. The number of aliphatic hydroxyl groups is 1. The van der Waals surface area contributed by atoms with E-state index in [-0.39, 0.29) is 29.5 Å². The number of benzene rings is 1. The molecule has 1 saturated heterocycles. The number of likely N-dealkylation sites (tertiary alicyclic amines) is 1. The largest absolute Gasteiger partial charge is 0.440 e. The zero-order valence-corrected chi connectivity index (χ0v) is 24.3. The molecule has 2 N–H and O–H groups in total. The van der Waals surface area contributed by atoms with Gasteiger partial charge < -0.3 is 24.0 Å². The summed E-state index contributed by atoms with van der Waals surface area (Å²) in [6, 6.07) is 10.9. The highest BCUT2D eigenvalue weighted by atomic mass is 32.1. The number of hydrogen-bond acceptors (Lipinski definition) is 7. The Kier molecular flexibility index (Phi) is 7.80. The topological polar surface area (TPSA) is 141 Å². The van der Waals surface area contributed by atoms with Crippen LogP contribution < -0.4 is 5.62 Å². The van der Waals surface area contributed by atoms with Gasteiger partial charge in [0.15, 0.2) is 11.7 Å². The Bertz CT molecular complexity index is 1760. The third-order valence-corrected chi connectivity index (χ3v) is 7.97. The van der Waals surface area contributed by atoms with E-state index < -0.39 is 5.91 Å². The third kappa shape index (κ3) is 6.09. The van der Waals surface area contributed by atoms with E-state index in [4.69, 9.17) is 4.42 Å². The van der Waals surface area contributed by atoms with Crippen molar-refractivity contribution < 1.29 is 19.1 Å². The number of imidazole rings is 1. The van der Waals surface area contributed by atoms with Crippen LogP contribution in [0.1, 0.15) is 54.7 Å². The van der Waals surface area contributed by atoms with E-state index >= 15 is 0 Å². The van der Waals surface area contributed by atoms with Crippen molar-refractivity contribution in [3.63, 3.8) is 0 Å². The standard InChI is InChI=1S/C30H32N6O4S/c1-18-32-15-24(40-18)25-9-10-26(41-25)27(38)34-29-33-22-12-19(17-37)7-8-23(22)36(29)16-21-6-5-11-35(21)28(39)20(14-31)13-30(2,3)4/h7-10,12-13,15,21,37H,5-6,11,16-17H2,1-4H3,(H,33,34,38)/b20-13+/t21-/m1/s1. The molecule has 0 unspecified atom stereocenters. The molecule has 1 aliphatic rings. The average molecular weight is 573 g/mol. The zero-order chi connectivity index (χ0) is 29.3. The van der Waals surface area contributed by atoms with Gasteiger partial charge in [0.2, 0.25) is 5.62 Å². The lowest BCUT2D eigenvalue weighted by Gasteiger charge is -2.26. The van der Waals surface area contributed by atoms with Gasteiger partial charge in [0.05, 0.1) is 39.6 Å². The van der Waals surface area contributed by atoms with Gasteiger partial charge in [0.25, 0.3) is 11.8 Å². The highest BCUT2D eigenvalue weighted by molar-refractivity contribution is 7.17. The van der Waals surface area contributed by atoms with Crippen LogP contribution in [0.5, 0.6) is 0 Å². The molecule has 212 valence electrons. The zero-order valence-electron chi connectivity index (χ0n) is 23.5. The smallest absolute Gasteiger partial charge is 0.290 e. The van der Waals surface area contributed by atoms with E-state index in [2.05, 4.69) is 21.0 Å². The van der Waals surface area contributed by atoms with Gasteiger partial charge in [-0.15, -0.1) is 11.3 Å². The number of nitrogens with one attached hydrogen (secondary N) is 1. The lowest BCUT2D eigenvalue weighted by molar-refractivity contribution is -0.127. The van der Waals surface area contributed by atoms with Crippen LogP contribution >= 0.6 is 11.3 Å². The maximum Gasteiger partial charge on any atom is 0.290 e. The van der Waals surface area contributed by atoms with E-state index in [1.807, 2.05) is 43.5 Å². The van der Waals surface area contributed by atoms with Crippen molar-refractivity contribution in [3.05, 3.63) is 70.1 Å². The number of aliphatic hydroxyl groups excluding tert-OH is 1. The summed E-state index contributed by atoms with van der Waals surface area (Å²) in [5.41, 5.74) is 2.40. The van der Waals surface area contributed by atoms with Gasteiger partial charge >= 0.3 is 0 Å². The molecule has 2 amide bonds. The number of oxazole rings is 1. The molecule has 10 nitrogen and oxygen atoms in total. The fourth-order valence-corrected chi connectivity index (χ4v) is 5.87.